The van der Waals surface area contributed by atoms with Gasteiger partial charge < -0.3 is 9.32 Å². The molecule has 3 heterocycles. The third-order valence-corrected chi connectivity index (χ3v) is 15.2. The van der Waals surface area contributed by atoms with Gasteiger partial charge in [-0.25, -0.2) is 0 Å². The Bertz CT molecular complexity index is 3970. The predicted molar refractivity (Wildman–Crippen MR) is 294 cm³/mol. The van der Waals surface area contributed by atoms with E-state index in [4.69, 9.17) is 67.2 Å². The summed E-state index contributed by atoms with van der Waals surface area (Å²) in [6.07, 6.45) is 0. The van der Waals surface area contributed by atoms with Crippen molar-refractivity contribution in [1.82, 2.24) is 0 Å². The van der Waals surface area contributed by atoms with Crippen LogP contribution in [-0.4, -0.2) is 62.8 Å². The number of anilines is 3. The molecule has 0 aliphatic rings. The van der Waals surface area contributed by atoms with Crippen LogP contribution in [0.5, 0.6) is 0 Å². The van der Waals surface area contributed by atoms with Crippen molar-refractivity contribution in [1.29, 1.82) is 0 Å². The Kier molecular flexibility index (Phi) is 9.68. The Hall–Kier alpha value is -6.46. The van der Waals surface area contributed by atoms with Crippen molar-refractivity contribution in [2.24, 2.45) is 0 Å². The lowest BCUT2D eigenvalue weighted by Crippen LogP contribution is -2.47. The summed E-state index contributed by atoms with van der Waals surface area (Å²) in [5, 5.41) is 5.79. The molecule has 66 heavy (non-hydrogen) atoms. The van der Waals surface area contributed by atoms with Crippen molar-refractivity contribution in [3.8, 4) is 33.4 Å². The molecule has 12 aromatic rings. The Labute approximate surface area is 400 Å². The highest BCUT2D eigenvalue weighted by molar-refractivity contribution is 7.27. The van der Waals surface area contributed by atoms with Crippen molar-refractivity contribution in [3.63, 3.8) is 0 Å². The van der Waals surface area contributed by atoms with Crippen LogP contribution in [0.1, 0.15) is 0 Å². The maximum atomic E-state index is 6.99. The molecule has 9 aromatic carbocycles. The van der Waals surface area contributed by atoms with Gasteiger partial charge in [-0.3, -0.25) is 0 Å². The van der Waals surface area contributed by atoms with E-state index in [2.05, 4.69) is 126 Å². The quantitative estimate of drug-likeness (QED) is 0.166. The van der Waals surface area contributed by atoms with Gasteiger partial charge in [0.25, 0.3) is 0 Å². The van der Waals surface area contributed by atoms with E-state index in [1.165, 1.54) is 41.2 Å². The third-order valence-electron chi connectivity index (χ3n) is 12.9. The Morgan fingerprint density at radius 2 is 0.833 bits per heavy atom. The summed E-state index contributed by atoms with van der Waals surface area (Å²) < 4.78 is 11.0. The monoisotopic (exact) mass is 855 g/mol. The molecule has 0 aliphatic heterocycles. The normalized spacial score (nSPS) is 11.8. The number of hydrogen-bond donors (Lipinski definition) is 0. The highest BCUT2D eigenvalue weighted by Crippen LogP contribution is 2.43. The summed E-state index contributed by atoms with van der Waals surface area (Å²) >= 11 is 3.54. The number of rotatable bonds is 6. The van der Waals surface area contributed by atoms with E-state index in [0.717, 1.165) is 49.5 Å². The lowest BCUT2D eigenvalue weighted by molar-refractivity contribution is 0.675. The molecule has 0 saturated carbocycles. The first-order chi connectivity index (χ1) is 32.1. The molecule has 12 heteroatoms. The van der Waals surface area contributed by atoms with Crippen molar-refractivity contribution in [2.45, 2.75) is 0 Å². The molecular formula is C54H25B8NOS2. The number of thiophene rings is 2. The first-order valence-electron chi connectivity index (χ1n) is 21.2. The molecule has 2 nitrogen and oxygen atoms in total. The van der Waals surface area contributed by atoms with Gasteiger partial charge >= 0.3 is 0 Å². The number of hydrogen-bond acceptors (Lipinski definition) is 4. The average molecular weight is 854 g/mol. The van der Waals surface area contributed by atoms with E-state index in [9.17, 15) is 0 Å². The fourth-order valence-electron chi connectivity index (χ4n) is 9.62. The second-order valence-corrected chi connectivity index (χ2v) is 18.7. The first-order valence-corrected chi connectivity index (χ1v) is 22.9. The molecule has 16 radical (unpaired) electrons. The maximum Gasteiger partial charge on any atom is 0.127 e. The highest BCUT2D eigenvalue weighted by Gasteiger charge is 2.23. The van der Waals surface area contributed by atoms with Crippen LogP contribution < -0.4 is 48.6 Å². The van der Waals surface area contributed by atoms with Gasteiger partial charge in [0.15, 0.2) is 0 Å². The molecule has 0 N–H and O–H groups in total. The van der Waals surface area contributed by atoms with Gasteiger partial charge in [-0.1, -0.05) is 130 Å². The van der Waals surface area contributed by atoms with Gasteiger partial charge in [0.1, 0.15) is 73.9 Å². The van der Waals surface area contributed by atoms with E-state index >= 15 is 0 Å². The zero-order chi connectivity index (χ0) is 45.1. The van der Waals surface area contributed by atoms with Crippen LogP contribution in [0, 0.1) is 0 Å². The molecule has 0 saturated heterocycles. The molecule has 0 amide bonds. The molecule has 288 valence electrons. The standard InChI is InChI=1S/C54H25B8NOS2/c55-36-25-24-33(42-35-7-2-4-10-38(35)66-54(36)42)27-14-20-30(21-15-27)63(29-18-12-26(13-19-29)32-8-5-11-39-41(32)34-6-1-3-9-37(34)65-39)31-22-16-28(17-23-31)40-45(56)43-44-47(58)48(59)49(60)51(62)53(44)64-52(43)50(61)46(40)57/h1-25H. The van der Waals surface area contributed by atoms with Crippen LogP contribution in [0.4, 0.5) is 17.1 Å². The van der Waals surface area contributed by atoms with Crippen molar-refractivity contribution in [2.75, 3.05) is 4.90 Å². The Morgan fingerprint density at radius 3 is 1.45 bits per heavy atom. The zero-order valence-corrected chi connectivity index (χ0v) is 36.9. The molecule has 12 rings (SSSR count). The molecule has 3 aromatic heterocycles. The second kappa shape index (κ2) is 15.6. The number of furan rings is 1. The highest BCUT2D eigenvalue weighted by atomic mass is 32.1. The van der Waals surface area contributed by atoms with Crippen LogP contribution >= 0.6 is 22.7 Å². The smallest absolute Gasteiger partial charge is 0.127 e. The molecule has 0 atom stereocenters. The molecule has 0 bridgehead atoms. The summed E-state index contributed by atoms with van der Waals surface area (Å²) in [4.78, 5) is 2.24. The fourth-order valence-corrected chi connectivity index (χ4v) is 11.9. The van der Waals surface area contributed by atoms with E-state index < -0.39 is 0 Å². The summed E-state index contributed by atoms with van der Waals surface area (Å²) in [7, 11) is 52.3. The van der Waals surface area contributed by atoms with Gasteiger partial charge in [0.05, 0.1) is 0 Å². The van der Waals surface area contributed by atoms with Gasteiger partial charge in [0, 0.05) is 68.2 Å². The molecular weight excluding hydrogens is 829 g/mol. The Balaban J connectivity index is 0.989. The van der Waals surface area contributed by atoms with E-state index in [0.29, 0.717) is 21.8 Å². The molecule has 0 spiro atoms. The topological polar surface area (TPSA) is 16.4 Å². The summed E-state index contributed by atoms with van der Waals surface area (Å²) in [5.74, 6) is 0. The summed E-state index contributed by atoms with van der Waals surface area (Å²) in [6.45, 7) is 0. The number of fused-ring (bicyclic) bond motifs is 9. The summed E-state index contributed by atoms with van der Waals surface area (Å²) in [6, 6.07) is 53.3. The number of benzene rings is 9. The van der Waals surface area contributed by atoms with E-state index in [1.807, 2.05) is 41.7 Å². The van der Waals surface area contributed by atoms with Crippen LogP contribution in [0.25, 0.3) is 95.7 Å². The van der Waals surface area contributed by atoms with Gasteiger partial charge in [-0.05, 0) is 88.0 Å². The van der Waals surface area contributed by atoms with Crippen LogP contribution in [0.3, 0.4) is 0 Å². The van der Waals surface area contributed by atoms with Crippen LogP contribution in [0.2, 0.25) is 0 Å². The van der Waals surface area contributed by atoms with Gasteiger partial charge in [0.2, 0.25) is 0 Å². The molecule has 0 fully saturated rings. The average Bonchev–Trinajstić information content (AvgIpc) is 4.07. The minimum atomic E-state index is 0.126. The zero-order valence-electron chi connectivity index (χ0n) is 35.2. The van der Waals surface area contributed by atoms with Crippen molar-refractivity contribution in [3.05, 3.63) is 152 Å². The SMILES string of the molecule is [B]c1c([B])c([B])c2c(oc3c([B])c([B])c(-c4ccc(N(c5ccc(-c6cccc7sc8ccccc8c67)cc5)c5ccc(-c6ccc([B])c7sc8ccccc8c67)cc5)cc4)c([B])c32)c1[B]. The van der Waals surface area contributed by atoms with Crippen LogP contribution in [0.15, 0.2) is 156 Å². The maximum absolute atomic E-state index is 6.99. The molecule has 0 unspecified atom stereocenters. The fraction of sp³-hybridized carbons (Fsp3) is 0. The minimum Gasteiger partial charge on any atom is -0.457 e. The predicted octanol–water partition coefficient (Wildman–Crippen LogP) is 7.14. The first kappa shape index (κ1) is 41.0. The van der Waals surface area contributed by atoms with Gasteiger partial charge in [-0.15, -0.1) is 33.6 Å². The lowest BCUT2D eigenvalue weighted by atomic mass is 9.64. The molecule has 0 aliphatic carbocycles. The van der Waals surface area contributed by atoms with E-state index in [-0.39, 0.29) is 43.9 Å². The van der Waals surface area contributed by atoms with Crippen LogP contribution in [-0.2, 0) is 0 Å². The van der Waals surface area contributed by atoms with Gasteiger partial charge in [-0.2, -0.15) is 0 Å². The largest absolute Gasteiger partial charge is 0.457 e. The third kappa shape index (κ3) is 6.18. The minimum absolute atomic E-state index is 0.126. The second-order valence-electron chi connectivity index (χ2n) is 16.5. The van der Waals surface area contributed by atoms with Crippen molar-refractivity contribution < 1.29 is 4.42 Å². The lowest BCUT2D eigenvalue weighted by Gasteiger charge is -2.26. The number of nitrogens with zero attached hydrogens (tertiary/aromatic N) is 1. The van der Waals surface area contributed by atoms with Crippen molar-refractivity contribution >= 4 is 208 Å². The van der Waals surface area contributed by atoms with E-state index in [1.54, 1.807) is 11.3 Å². The Morgan fingerprint density at radius 1 is 0.348 bits per heavy atom. The summed E-state index contributed by atoms with van der Waals surface area (Å²) in [5.41, 5.74) is 11.4.